The van der Waals surface area contributed by atoms with Crippen LogP contribution in [-0.4, -0.2) is 21.7 Å². The van der Waals surface area contributed by atoms with Crippen molar-refractivity contribution in [2.45, 2.75) is 0 Å². The molecule has 0 saturated carbocycles. The van der Waals surface area contributed by atoms with Gasteiger partial charge in [0.2, 0.25) is 0 Å². The molecule has 0 fully saturated rings. The zero-order valence-corrected chi connectivity index (χ0v) is 9.61. The molecular formula is H3NaO7S3. The van der Waals surface area contributed by atoms with E-state index in [2.05, 4.69) is 7.26 Å². The number of hydrogen-bond acceptors (Lipinski definition) is 5. The van der Waals surface area contributed by atoms with Crippen LogP contribution in [0.4, 0.5) is 0 Å². The summed E-state index contributed by atoms with van der Waals surface area (Å²) in [6, 6.07) is 0. The molecule has 2 unspecified atom stereocenters. The molecule has 0 bridgehead atoms. The van der Waals surface area contributed by atoms with Gasteiger partial charge in [-0.2, -0.15) is 12.6 Å². The van der Waals surface area contributed by atoms with Gasteiger partial charge < -0.3 is 1.43 Å². The molecule has 0 aliphatic heterocycles. The van der Waals surface area contributed by atoms with Gasteiger partial charge in [0.05, 0.1) is 0 Å². The van der Waals surface area contributed by atoms with Gasteiger partial charge in [0.1, 0.15) is 0 Å². The van der Waals surface area contributed by atoms with Gasteiger partial charge in [-0.25, -0.2) is 0 Å². The second-order valence-corrected chi connectivity index (χ2v) is 3.14. The summed E-state index contributed by atoms with van der Waals surface area (Å²) in [5.41, 5.74) is 0. The van der Waals surface area contributed by atoms with E-state index in [9.17, 15) is 12.6 Å². The van der Waals surface area contributed by atoms with Crippen LogP contribution >= 0.6 is 0 Å². The van der Waals surface area contributed by atoms with Gasteiger partial charge in [0, 0.05) is 0 Å². The van der Waals surface area contributed by atoms with Crippen molar-refractivity contribution >= 4 is 34.1 Å². The van der Waals surface area contributed by atoms with Crippen molar-refractivity contribution in [3.63, 3.8) is 0 Å². The van der Waals surface area contributed by atoms with Crippen LogP contribution in [0.5, 0.6) is 0 Å². The molecular weight excluding hydrogens is 231 g/mol. The molecule has 0 aliphatic rings. The van der Waals surface area contributed by atoms with Gasteiger partial charge in [-0.3, -0.25) is 9.11 Å². The van der Waals surface area contributed by atoms with Crippen LogP contribution in [0.25, 0.3) is 0 Å². The molecule has 2 atom stereocenters. The average Bonchev–Trinajstić information content (AvgIpc) is 1.58. The summed E-state index contributed by atoms with van der Waals surface area (Å²) in [6.45, 7) is 0. The van der Waals surface area contributed by atoms with E-state index in [1.54, 1.807) is 0 Å². The molecule has 0 heterocycles. The summed E-state index contributed by atoms with van der Waals surface area (Å²) >= 11 is -8.25. The Morgan fingerprint density at radius 2 is 1.27 bits per heavy atom. The predicted octanol–water partition coefficient (Wildman–Crippen LogP) is -4.01. The average molecular weight is 234 g/mol. The molecule has 2 N–H and O–H groups in total. The molecule has 0 aromatic heterocycles. The third-order valence-electron chi connectivity index (χ3n) is 0.228. The first-order valence-corrected chi connectivity index (χ1v) is 4.60. The minimum Gasteiger partial charge on any atom is -1.00 e. The van der Waals surface area contributed by atoms with Crippen LogP contribution in [0, 0.1) is 0 Å². The Morgan fingerprint density at radius 3 is 1.45 bits per heavy atom. The Balaban J connectivity index is -0.000000405. The zero-order valence-electron chi connectivity index (χ0n) is 6.16. The van der Waals surface area contributed by atoms with Crippen molar-refractivity contribution in [3.8, 4) is 0 Å². The van der Waals surface area contributed by atoms with E-state index in [4.69, 9.17) is 9.11 Å². The van der Waals surface area contributed by atoms with Crippen molar-refractivity contribution in [1.82, 2.24) is 0 Å². The Bertz CT molecular complexity index is 161. The van der Waals surface area contributed by atoms with Crippen LogP contribution < -0.4 is 29.6 Å². The van der Waals surface area contributed by atoms with Crippen LogP contribution in [0.15, 0.2) is 0 Å². The van der Waals surface area contributed by atoms with Crippen molar-refractivity contribution in [2.75, 3.05) is 0 Å². The van der Waals surface area contributed by atoms with E-state index >= 15 is 0 Å². The van der Waals surface area contributed by atoms with Crippen molar-refractivity contribution in [1.29, 1.82) is 0 Å². The van der Waals surface area contributed by atoms with Crippen molar-refractivity contribution in [3.05, 3.63) is 0 Å². The maximum Gasteiger partial charge on any atom is 1.00 e. The van der Waals surface area contributed by atoms with Crippen LogP contribution in [-0.2, 0) is 41.3 Å². The van der Waals surface area contributed by atoms with E-state index in [0.29, 0.717) is 0 Å². The Morgan fingerprint density at radius 1 is 1.00 bits per heavy atom. The molecule has 0 radical (unpaired) electrons. The standard InChI is InChI=1S/Na.H2O7S3.H/c;1-8(2)6-10(5)7-9(3)4;/h;(H,1,2)(H,3,4);/q+1;;-1. The molecule has 11 heavy (non-hydrogen) atoms. The monoisotopic (exact) mass is 234 g/mol. The minimum absolute atomic E-state index is 0. The van der Waals surface area contributed by atoms with Gasteiger partial charge in [-0.1, -0.05) is 0 Å². The van der Waals surface area contributed by atoms with Gasteiger partial charge in [0.25, 0.3) is 0 Å². The van der Waals surface area contributed by atoms with E-state index in [1.807, 2.05) is 0 Å². The SMILES string of the molecule is O=S(O)OS(=O)OS(=O)O.[H-].[Na+]. The molecule has 11 heteroatoms. The summed E-state index contributed by atoms with van der Waals surface area (Å²) in [5, 5.41) is 0. The van der Waals surface area contributed by atoms with Gasteiger partial charge in [0.15, 0.2) is 0 Å². The van der Waals surface area contributed by atoms with Gasteiger partial charge >= 0.3 is 63.6 Å². The van der Waals surface area contributed by atoms with E-state index < -0.39 is 34.1 Å². The molecule has 0 amide bonds. The van der Waals surface area contributed by atoms with E-state index in [-0.39, 0.29) is 31.0 Å². The second kappa shape index (κ2) is 7.91. The molecule has 0 aromatic rings. The first-order chi connectivity index (χ1) is 4.52. The molecule has 0 rings (SSSR count). The van der Waals surface area contributed by atoms with Gasteiger partial charge in [-0.05, 0) is 0 Å². The van der Waals surface area contributed by atoms with Crippen LogP contribution in [0.3, 0.4) is 0 Å². The van der Waals surface area contributed by atoms with Crippen LogP contribution in [0.1, 0.15) is 1.43 Å². The summed E-state index contributed by atoms with van der Waals surface area (Å²) in [4.78, 5) is 0. The molecule has 64 valence electrons. The second-order valence-electron chi connectivity index (χ2n) is 0.774. The number of rotatable bonds is 4. The smallest absolute Gasteiger partial charge is 1.00 e. The fourth-order valence-electron chi connectivity index (χ4n) is 0.106. The summed E-state index contributed by atoms with van der Waals surface area (Å²) in [7, 11) is 0. The molecule has 0 spiro atoms. The third-order valence-corrected chi connectivity index (χ3v) is 2.05. The van der Waals surface area contributed by atoms with E-state index in [0.717, 1.165) is 0 Å². The topological polar surface area (TPSA) is 110 Å². The molecule has 0 aromatic carbocycles. The summed E-state index contributed by atoms with van der Waals surface area (Å²) in [6.07, 6.45) is 0. The first kappa shape index (κ1) is 14.8. The first-order valence-electron chi connectivity index (χ1n) is 1.53. The third kappa shape index (κ3) is 11.3. The maximum absolute atomic E-state index is 10.0. The molecule has 0 saturated heterocycles. The Labute approximate surface area is 93.5 Å². The summed E-state index contributed by atoms with van der Waals surface area (Å²) in [5.74, 6) is 0. The van der Waals surface area contributed by atoms with Crippen LogP contribution in [0.2, 0.25) is 0 Å². The number of hydrogen-bond donors (Lipinski definition) is 2. The fourth-order valence-corrected chi connectivity index (χ4v) is 1.16. The quantitative estimate of drug-likeness (QED) is 0.376. The van der Waals surface area contributed by atoms with Gasteiger partial charge in [-0.15, -0.1) is 7.26 Å². The maximum atomic E-state index is 10.0. The minimum atomic E-state index is -2.78. The Kier molecular flexibility index (Phi) is 10.6. The van der Waals surface area contributed by atoms with Crippen molar-refractivity contribution in [2.24, 2.45) is 0 Å². The van der Waals surface area contributed by atoms with Crippen molar-refractivity contribution < 1.29 is 60.0 Å². The Hall–Kier alpha value is 1.29. The molecule has 0 aliphatic carbocycles. The zero-order chi connectivity index (χ0) is 8.15. The fraction of sp³-hybridized carbons (Fsp3) is 0. The normalized spacial score (nSPS) is 18.0. The molecule has 7 nitrogen and oxygen atoms in total. The summed E-state index contributed by atoms with van der Waals surface area (Å²) < 4.78 is 51.9. The van der Waals surface area contributed by atoms with E-state index in [1.165, 1.54) is 0 Å². The predicted molar refractivity (Wildman–Crippen MR) is 33.0 cm³/mol. The largest absolute Gasteiger partial charge is 1.00 e.